The minimum absolute atomic E-state index is 0.428. The molecule has 0 amide bonds. The third-order valence-electron chi connectivity index (χ3n) is 3.68. The molecule has 1 aromatic heterocycles. The molecule has 0 spiro atoms. The number of aryl methyl sites for hydroxylation is 1. The van der Waals surface area contributed by atoms with Gasteiger partial charge in [-0.05, 0) is 25.5 Å². The number of thioether (sulfide) groups is 2. The Labute approximate surface area is 131 Å². The Kier molecular flexibility index (Phi) is 6.78. The largest absolute Gasteiger partial charge is 0.308 e. The van der Waals surface area contributed by atoms with Crippen molar-refractivity contribution in [2.24, 2.45) is 0 Å². The lowest BCUT2D eigenvalue weighted by Gasteiger charge is -2.35. The lowest BCUT2D eigenvalue weighted by molar-refractivity contribution is 0.456. The summed E-state index contributed by atoms with van der Waals surface area (Å²) in [5.74, 6) is 2.56. The smallest absolute Gasteiger partial charge is 0.0623 e. The highest BCUT2D eigenvalue weighted by Crippen LogP contribution is 2.38. The van der Waals surface area contributed by atoms with E-state index in [0.717, 1.165) is 19.5 Å². The third kappa shape index (κ3) is 3.95. The summed E-state index contributed by atoms with van der Waals surface area (Å²) in [6.07, 6.45) is 4.27. The molecule has 20 heavy (non-hydrogen) atoms. The summed E-state index contributed by atoms with van der Waals surface area (Å²) in [5, 5.41) is 9.64. The summed E-state index contributed by atoms with van der Waals surface area (Å²) in [6, 6.07) is 2.63. The Bertz CT molecular complexity index is 394. The van der Waals surface area contributed by atoms with Crippen LogP contribution in [0.5, 0.6) is 0 Å². The molecular weight excluding hydrogens is 286 g/mol. The number of aromatic nitrogens is 2. The molecule has 0 aromatic carbocycles. The SMILES string of the molecule is CCCNC(c1ccnn1CCC)C1SCCSC1C. The molecule has 1 saturated heterocycles. The fourth-order valence-corrected chi connectivity index (χ4v) is 5.64. The Balaban J connectivity index is 2.19. The average Bonchev–Trinajstić information content (AvgIpc) is 2.90. The van der Waals surface area contributed by atoms with Crippen LogP contribution in [-0.2, 0) is 6.54 Å². The molecule has 3 atom stereocenters. The van der Waals surface area contributed by atoms with Crippen molar-refractivity contribution in [2.45, 2.75) is 56.7 Å². The first-order chi connectivity index (χ1) is 9.77. The van der Waals surface area contributed by atoms with Crippen molar-refractivity contribution in [1.82, 2.24) is 15.1 Å². The van der Waals surface area contributed by atoms with Gasteiger partial charge in [0.1, 0.15) is 0 Å². The highest BCUT2D eigenvalue weighted by molar-refractivity contribution is 8.07. The van der Waals surface area contributed by atoms with Crippen molar-refractivity contribution in [1.29, 1.82) is 0 Å². The van der Waals surface area contributed by atoms with Gasteiger partial charge in [-0.2, -0.15) is 28.6 Å². The van der Waals surface area contributed by atoms with Crippen molar-refractivity contribution in [2.75, 3.05) is 18.1 Å². The van der Waals surface area contributed by atoms with Crippen LogP contribution >= 0.6 is 23.5 Å². The molecule has 0 bridgehead atoms. The van der Waals surface area contributed by atoms with Crippen LogP contribution in [0.4, 0.5) is 0 Å². The first-order valence-corrected chi connectivity index (χ1v) is 9.86. The van der Waals surface area contributed by atoms with Crippen LogP contribution in [0.15, 0.2) is 12.3 Å². The van der Waals surface area contributed by atoms with Gasteiger partial charge in [-0.25, -0.2) is 0 Å². The van der Waals surface area contributed by atoms with E-state index in [1.165, 1.54) is 23.6 Å². The van der Waals surface area contributed by atoms with Crippen LogP contribution in [0.25, 0.3) is 0 Å². The molecule has 1 aromatic rings. The summed E-state index contributed by atoms with van der Waals surface area (Å²) in [4.78, 5) is 0. The van der Waals surface area contributed by atoms with Crippen LogP contribution < -0.4 is 5.32 Å². The highest BCUT2D eigenvalue weighted by atomic mass is 32.2. The van der Waals surface area contributed by atoms with E-state index in [2.05, 4.69) is 65.5 Å². The average molecular weight is 314 g/mol. The summed E-state index contributed by atoms with van der Waals surface area (Å²) >= 11 is 4.24. The molecular formula is C15H27N3S2. The van der Waals surface area contributed by atoms with E-state index in [4.69, 9.17) is 0 Å². The summed E-state index contributed by atoms with van der Waals surface area (Å²) in [5.41, 5.74) is 1.37. The zero-order valence-corrected chi connectivity index (χ0v) is 14.5. The van der Waals surface area contributed by atoms with Gasteiger partial charge < -0.3 is 5.32 Å². The van der Waals surface area contributed by atoms with E-state index in [9.17, 15) is 0 Å². The van der Waals surface area contributed by atoms with Crippen LogP contribution in [0, 0.1) is 0 Å². The number of hydrogen-bond acceptors (Lipinski definition) is 4. The minimum atomic E-state index is 0.428. The zero-order chi connectivity index (χ0) is 14.4. The van der Waals surface area contributed by atoms with E-state index in [1.807, 2.05) is 6.20 Å². The first kappa shape index (κ1) is 16.2. The lowest BCUT2D eigenvalue weighted by Crippen LogP contribution is -2.39. The van der Waals surface area contributed by atoms with E-state index >= 15 is 0 Å². The molecule has 1 aliphatic heterocycles. The van der Waals surface area contributed by atoms with Crippen LogP contribution in [-0.4, -0.2) is 38.3 Å². The highest BCUT2D eigenvalue weighted by Gasteiger charge is 2.32. The third-order valence-corrected chi connectivity index (χ3v) is 6.88. The second-order valence-corrected chi connectivity index (χ2v) is 8.09. The number of rotatable bonds is 7. The van der Waals surface area contributed by atoms with Crippen LogP contribution in [0.2, 0.25) is 0 Å². The molecule has 3 unspecified atom stereocenters. The van der Waals surface area contributed by atoms with E-state index in [0.29, 0.717) is 16.5 Å². The maximum Gasteiger partial charge on any atom is 0.0623 e. The molecule has 1 aliphatic rings. The van der Waals surface area contributed by atoms with Gasteiger partial charge in [0.2, 0.25) is 0 Å². The van der Waals surface area contributed by atoms with Gasteiger partial charge in [-0.15, -0.1) is 0 Å². The summed E-state index contributed by atoms with van der Waals surface area (Å²) in [7, 11) is 0. The van der Waals surface area contributed by atoms with Crippen molar-refractivity contribution < 1.29 is 0 Å². The second-order valence-electron chi connectivity index (χ2n) is 5.32. The molecule has 1 N–H and O–H groups in total. The molecule has 0 saturated carbocycles. The molecule has 0 radical (unpaired) electrons. The molecule has 114 valence electrons. The Morgan fingerprint density at radius 2 is 2.15 bits per heavy atom. The Morgan fingerprint density at radius 1 is 1.35 bits per heavy atom. The van der Waals surface area contributed by atoms with E-state index < -0.39 is 0 Å². The molecule has 1 fully saturated rings. The first-order valence-electron chi connectivity index (χ1n) is 7.76. The summed E-state index contributed by atoms with van der Waals surface area (Å²) < 4.78 is 2.19. The zero-order valence-electron chi connectivity index (χ0n) is 12.8. The molecule has 5 heteroatoms. The monoisotopic (exact) mass is 313 g/mol. The van der Waals surface area contributed by atoms with Crippen molar-refractivity contribution in [3.05, 3.63) is 18.0 Å². The number of nitrogens with zero attached hydrogens (tertiary/aromatic N) is 2. The minimum Gasteiger partial charge on any atom is -0.308 e. The lowest BCUT2D eigenvalue weighted by atomic mass is 10.1. The van der Waals surface area contributed by atoms with Crippen molar-refractivity contribution in [3.8, 4) is 0 Å². The topological polar surface area (TPSA) is 29.9 Å². The fraction of sp³-hybridized carbons (Fsp3) is 0.800. The van der Waals surface area contributed by atoms with Crippen LogP contribution in [0.3, 0.4) is 0 Å². The predicted molar refractivity (Wildman–Crippen MR) is 91.7 cm³/mol. The quantitative estimate of drug-likeness (QED) is 0.833. The normalized spacial score (nSPS) is 24.8. The maximum absolute atomic E-state index is 4.52. The van der Waals surface area contributed by atoms with Gasteiger partial charge in [0.25, 0.3) is 0 Å². The van der Waals surface area contributed by atoms with Gasteiger partial charge in [0.05, 0.1) is 11.7 Å². The summed E-state index contributed by atoms with van der Waals surface area (Å²) in [6.45, 7) is 8.93. The number of hydrogen-bond donors (Lipinski definition) is 1. The van der Waals surface area contributed by atoms with E-state index in [1.54, 1.807) is 0 Å². The van der Waals surface area contributed by atoms with Crippen LogP contribution in [0.1, 0.15) is 45.3 Å². The maximum atomic E-state index is 4.52. The molecule has 2 heterocycles. The standard InChI is InChI=1S/C15H27N3S2/c1-4-7-16-14(15-12(3)19-10-11-20-15)13-6-8-17-18(13)9-5-2/h6,8,12,14-16H,4-5,7,9-11H2,1-3H3. The van der Waals surface area contributed by atoms with E-state index in [-0.39, 0.29) is 0 Å². The second kappa shape index (κ2) is 8.35. The van der Waals surface area contributed by atoms with Gasteiger partial charge >= 0.3 is 0 Å². The Hall–Kier alpha value is -0.130. The number of nitrogens with one attached hydrogen (secondary N) is 1. The van der Waals surface area contributed by atoms with Crippen molar-refractivity contribution in [3.63, 3.8) is 0 Å². The fourth-order valence-electron chi connectivity index (χ4n) is 2.71. The molecule has 3 nitrogen and oxygen atoms in total. The van der Waals surface area contributed by atoms with Gasteiger partial charge in [-0.3, -0.25) is 4.68 Å². The molecule has 2 rings (SSSR count). The predicted octanol–water partition coefficient (Wildman–Crippen LogP) is 3.57. The van der Waals surface area contributed by atoms with Gasteiger partial charge in [0, 0.05) is 34.7 Å². The van der Waals surface area contributed by atoms with Gasteiger partial charge in [-0.1, -0.05) is 20.8 Å². The van der Waals surface area contributed by atoms with Crippen molar-refractivity contribution >= 4 is 23.5 Å². The molecule has 0 aliphatic carbocycles. The van der Waals surface area contributed by atoms with Gasteiger partial charge in [0.15, 0.2) is 0 Å². The Morgan fingerprint density at radius 3 is 2.85 bits per heavy atom.